The Labute approximate surface area is 118 Å². The van der Waals surface area contributed by atoms with E-state index in [1.807, 2.05) is 24.3 Å². The number of carbonyl (C=O) groups is 1. The molecule has 0 radical (unpaired) electrons. The van der Waals surface area contributed by atoms with Gasteiger partial charge in [-0.05, 0) is 47.9 Å². The number of carbonyl (C=O) groups excluding carboxylic acids is 1. The van der Waals surface area contributed by atoms with Crippen molar-refractivity contribution in [1.29, 1.82) is 0 Å². The van der Waals surface area contributed by atoms with Crippen LogP contribution in [0.3, 0.4) is 0 Å². The van der Waals surface area contributed by atoms with Crippen LogP contribution in [0.15, 0.2) is 42.7 Å². The molecule has 1 amide bonds. The molecule has 0 fully saturated rings. The second-order valence-corrected chi connectivity index (χ2v) is 4.91. The molecule has 4 nitrogen and oxygen atoms in total. The lowest BCUT2D eigenvalue weighted by atomic mass is 9.95. The molecule has 0 bridgehead atoms. The van der Waals surface area contributed by atoms with Gasteiger partial charge in [0.25, 0.3) is 5.91 Å². The second kappa shape index (κ2) is 5.84. The topological polar surface area (TPSA) is 54.0 Å². The monoisotopic (exact) mass is 267 g/mol. The summed E-state index contributed by atoms with van der Waals surface area (Å²) in [5.74, 6) is -0.0117. The molecule has 4 heteroatoms. The van der Waals surface area contributed by atoms with Crippen molar-refractivity contribution < 1.29 is 4.79 Å². The summed E-state index contributed by atoms with van der Waals surface area (Å²) in [6.07, 6.45) is 4.45. The number of hydrogen-bond donors (Lipinski definition) is 2. The van der Waals surface area contributed by atoms with Gasteiger partial charge in [-0.25, -0.2) is 0 Å². The highest BCUT2D eigenvalue weighted by atomic mass is 16.1. The van der Waals surface area contributed by atoms with Gasteiger partial charge in [0.1, 0.15) is 0 Å². The molecule has 0 spiro atoms. The fraction of sp³-hybridized carbons (Fsp3) is 0.250. The fourth-order valence-corrected chi connectivity index (χ4v) is 2.51. The van der Waals surface area contributed by atoms with Gasteiger partial charge in [-0.1, -0.05) is 12.1 Å². The SMILES string of the molecule is O=C(NCc1ccncc1)c1cccc2c1CNCC2. The Morgan fingerprint density at radius 2 is 2.10 bits per heavy atom. The van der Waals surface area contributed by atoms with Crippen molar-refractivity contribution in [3.8, 4) is 0 Å². The molecule has 0 saturated carbocycles. The summed E-state index contributed by atoms with van der Waals surface area (Å²) in [6.45, 7) is 2.28. The highest BCUT2D eigenvalue weighted by Crippen LogP contribution is 2.18. The molecule has 3 rings (SSSR count). The summed E-state index contributed by atoms with van der Waals surface area (Å²) in [5, 5.41) is 6.29. The Hall–Kier alpha value is -2.20. The van der Waals surface area contributed by atoms with E-state index in [1.54, 1.807) is 12.4 Å². The maximum Gasteiger partial charge on any atom is 0.251 e. The summed E-state index contributed by atoms with van der Waals surface area (Å²) >= 11 is 0. The van der Waals surface area contributed by atoms with E-state index in [0.717, 1.165) is 36.2 Å². The Morgan fingerprint density at radius 1 is 1.25 bits per heavy atom. The van der Waals surface area contributed by atoms with Gasteiger partial charge in [0.15, 0.2) is 0 Å². The van der Waals surface area contributed by atoms with Gasteiger partial charge in [-0.3, -0.25) is 9.78 Å². The number of hydrogen-bond acceptors (Lipinski definition) is 3. The zero-order valence-electron chi connectivity index (χ0n) is 11.2. The minimum absolute atomic E-state index is 0.0117. The molecule has 1 aromatic carbocycles. The molecule has 0 unspecified atom stereocenters. The van der Waals surface area contributed by atoms with Crippen molar-refractivity contribution in [2.75, 3.05) is 6.54 Å². The molecular weight excluding hydrogens is 250 g/mol. The first kappa shape index (κ1) is 12.8. The van der Waals surface area contributed by atoms with E-state index in [-0.39, 0.29) is 5.91 Å². The van der Waals surface area contributed by atoms with E-state index in [0.29, 0.717) is 6.54 Å². The van der Waals surface area contributed by atoms with Crippen molar-refractivity contribution in [3.63, 3.8) is 0 Å². The fourth-order valence-electron chi connectivity index (χ4n) is 2.51. The van der Waals surface area contributed by atoms with Gasteiger partial charge >= 0.3 is 0 Å². The lowest BCUT2D eigenvalue weighted by molar-refractivity contribution is 0.0949. The number of aromatic nitrogens is 1. The number of benzene rings is 1. The summed E-state index contributed by atoms with van der Waals surface area (Å²) in [6, 6.07) is 9.78. The predicted molar refractivity (Wildman–Crippen MR) is 77.3 cm³/mol. The van der Waals surface area contributed by atoms with Crippen molar-refractivity contribution in [2.24, 2.45) is 0 Å². The summed E-state index contributed by atoms with van der Waals surface area (Å²) in [4.78, 5) is 16.3. The average molecular weight is 267 g/mol. The van der Waals surface area contributed by atoms with Crippen LogP contribution >= 0.6 is 0 Å². The molecule has 102 valence electrons. The van der Waals surface area contributed by atoms with Crippen molar-refractivity contribution in [3.05, 3.63) is 65.0 Å². The smallest absolute Gasteiger partial charge is 0.251 e. The zero-order chi connectivity index (χ0) is 13.8. The van der Waals surface area contributed by atoms with E-state index >= 15 is 0 Å². The van der Waals surface area contributed by atoms with Crippen LogP contribution in [0.2, 0.25) is 0 Å². The van der Waals surface area contributed by atoms with Crippen LogP contribution < -0.4 is 10.6 Å². The van der Waals surface area contributed by atoms with Crippen molar-refractivity contribution in [1.82, 2.24) is 15.6 Å². The number of fused-ring (bicyclic) bond motifs is 1. The molecule has 0 atom stereocenters. The van der Waals surface area contributed by atoms with Gasteiger partial charge in [0.05, 0.1) is 0 Å². The van der Waals surface area contributed by atoms with E-state index in [2.05, 4.69) is 21.7 Å². The van der Waals surface area contributed by atoms with E-state index in [4.69, 9.17) is 0 Å². The van der Waals surface area contributed by atoms with Crippen LogP contribution in [0, 0.1) is 0 Å². The first-order valence-electron chi connectivity index (χ1n) is 6.83. The number of nitrogens with one attached hydrogen (secondary N) is 2. The van der Waals surface area contributed by atoms with Crippen LogP contribution in [0.5, 0.6) is 0 Å². The highest BCUT2D eigenvalue weighted by Gasteiger charge is 2.16. The van der Waals surface area contributed by atoms with E-state index in [1.165, 1.54) is 5.56 Å². The van der Waals surface area contributed by atoms with Crippen molar-refractivity contribution >= 4 is 5.91 Å². The molecule has 2 aromatic rings. The van der Waals surface area contributed by atoms with Crippen molar-refractivity contribution in [2.45, 2.75) is 19.5 Å². The zero-order valence-corrected chi connectivity index (χ0v) is 11.2. The normalized spacial score (nSPS) is 13.6. The van der Waals surface area contributed by atoms with E-state index < -0.39 is 0 Å². The number of rotatable bonds is 3. The summed E-state index contributed by atoms with van der Waals surface area (Å²) in [5.41, 5.74) is 4.24. The highest BCUT2D eigenvalue weighted by molar-refractivity contribution is 5.96. The van der Waals surface area contributed by atoms with Gasteiger partial charge < -0.3 is 10.6 Å². The standard InChI is InChI=1S/C16H17N3O/c20-16(19-10-12-4-7-17-8-5-12)14-3-1-2-13-6-9-18-11-15(13)14/h1-5,7-8,18H,6,9-11H2,(H,19,20). The predicted octanol–water partition coefficient (Wildman–Crippen LogP) is 1.66. The molecule has 20 heavy (non-hydrogen) atoms. The van der Waals surface area contributed by atoms with Crippen LogP contribution in [-0.2, 0) is 19.5 Å². The minimum Gasteiger partial charge on any atom is -0.348 e. The Bertz CT molecular complexity index is 610. The largest absolute Gasteiger partial charge is 0.348 e. The molecule has 0 saturated heterocycles. The third-order valence-corrected chi connectivity index (χ3v) is 3.59. The minimum atomic E-state index is -0.0117. The Morgan fingerprint density at radius 3 is 2.95 bits per heavy atom. The molecule has 2 N–H and O–H groups in total. The van der Waals surface area contributed by atoms with Crippen LogP contribution in [-0.4, -0.2) is 17.4 Å². The average Bonchev–Trinajstić information content (AvgIpc) is 2.53. The van der Waals surface area contributed by atoms with Crippen LogP contribution in [0.1, 0.15) is 27.0 Å². The molecule has 0 aliphatic carbocycles. The lowest BCUT2D eigenvalue weighted by Crippen LogP contribution is -2.29. The molecule has 1 aromatic heterocycles. The maximum atomic E-state index is 12.3. The Kier molecular flexibility index (Phi) is 3.74. The third kappa shape index (κ3) is 2.70. The van der Waals surface area contributed by atoms with Gasteiger partial charge in [-0.2, -0.15) is 0 Å². The van der Waals surface area contributed by atoms with E-state index in [9.17, 15) is 4.79 Å². The van der Waals surface area contributed by atoms with Gasteiger partial charge in [-0.15, -0.1) is 0 Å². The quantitative estimate of drug-likeness (QED) is 0.889. The first-order valence-corrected chi connectivity index (χ1v) is 6.83. The lowest BCUT2D eigenvalue weighted by Gasteiger charge is -2.20. The third-order valence-electron chi connectivity index (χ3n) is 3.59. The van der Waals surface area contributed by atoms with Crippen LogP contribution in [0.25, 0.3) is 0 Å². The Balaban J connectivity index is 1.74. The molecule has 1 aliphatic rings. The molecule has 2 heterocycles. The maximum absolute atomic E-state index is 12.3. The molecular formula is C16H17N3O. The van der Waals surface area contributed by atoms with Gasteiger partial charge in [0.2, 0.25) is 0 Å². The van der Waals surface area contributed by atoms with Crippen LogP contribution in [0.4, 0.5) is 0 Å². The van der Waals surface area contributed by atoms with Gasteiger partial charge in [0, 0.05) is 31.0 Å². The second-order valence-electron chi connectivity index (χ2n) is 4.91. The summed E-state index contributed by atoms with van der Waals surface area (Å²) in [7, 11) is 0. The first-order chi connectivity index (χ1) is 9.84. The molecule has 1 aliphatic heterocycles. The number of nitrogens with zero attached hydrogens (tertiary/aromatic N) is 1. The summed E-state index contributed by atoms with van der Waals surface area (Å²) < 4.78 is 0. The number of amides is 1. The number of pyridine rings is 1.